The van der Waals surface area contributed by atoms with E-state index in [0.717, 1.165) is 18.1 Å². The molecule has 116 valence electrons. The van der Waals surface area contributed by atoms with E-state index >= 15 is 0 Å². The van der Waals surface area contributed by atoms with Crippen molar-refractivity contribution < 1.29 is 13.9 Å². The number of hydrogen-bond acceptors (Lipinski definition) is 1. The minimum Gasteiger partial charge on any atom is -0.381 e. The molecule has 0 radical (unpaired) electrons. The predicted octanol–water partition coefficient (Wildman–Crippen LogP) is 5.06. The topological polar surface area (TPSA) is 20.2 Å². The first kappa shape index (κ1) is 18.2. The van der Waals surface area contributed by atoms with Crippen molar-refractivity contribution in [2.24, 2.45) is 0 Å². The molecule has 0 spiro atoms. The smallest absolute Gasteiger partial charge is 0.336 e. The first-order valence-corrected chi connectivity index (χ1v) is 10.2. The Balaban J connectivity index is 3.03. The zero-order valence-corrected chi connectivity index (χ0v) is 14.3. The van der Waals surface area contributed by atoms with Gasteiger partial charge in [-0.1, -0.05) is 44.5 Å². The third-order valence-corrected chi connectivity index (χ3v) is 9.02. The van der Waals surface area contributed by atoms with Crippen LogP contribution in [0.5, 0.6) is 0 Å². The molecule has 21 heavy (non-hydrogen) atoms. The van der Waals surface area contributed by atoms with Crippen molar-refractivity contribution in [3.8, 4) is 11.5 Å². The summed E-state index contributed by atoms with van der Waals surface area (Å²) < 4.78 is 28.2. The molecular weight excluding hydrogens is 310 g/mol. The molecule has 0 bridgehead atoms. The number of rotatable bonds is 5. The van der Waals surface area contributed by atoms with Crippen molar-refractivity contribution in [1.29, 1.82) is 0 Å². The number of halogens is 3. The monoisotopic (exact) mass is 330 g/mol. The van der Waals surface area contributed by atoms with Crippen LogP contribution in [-0.2, 0) is 0 Å². The Labute approximate surface area is 131 Å². The molecule has 0 heterocycles. The molecule has 0 saturated carbocycles. The summed E-state index contributed by atoms with van der Waals surface area (Å²) in [6.45, 7) is 6.00. The largest absolute Gasteiger partial charge is 0.381 e. The van der Waals surface area contributed by atoms with Crippen molar-refractivity contribution in [2.45, 2.75) is 50.9 Å². The maximum absolute atomic E-state index is 14.1. The Bertz CT molecular complexity index is 507. The highest BCUT2D eigenvalue weighted by Gasteiger charge is 2.38. The highest BCUT2D eigenvalue weighted by molar-refractivity contribution is 6.87. The first-order valence-electron chi connectivity index (χ1n) is 7.16. The van der Waals surface area contributed by atoms with Gasteiger partial charge in [-0.2, -0.15) is 8.78 Å². The quantitative estimate of drug-likeness (QED) is 0.591. The average molecular weight is 331 g/mol. The van der Waals surface area contributed by atoms with Crippen molar-refractivity contribution >= 4 is 19.7 Å². The molecule has 1 atom stereocenters. The zero-order chi connectivity index (χ0) is 16.1. The zero-order valence-electron chi connectivity index (χ0n) is 12.6. The molecule has 0 saturated heterocycles. The number of aliphatic hydroxyl groups is 1. The van der Waals surface area contributed by atoms with Crippen LogP contribution in [0.15, 0.2) is 24.3 Å². The lowest BCUT2D eigenvalue weighted by molar-refractivity contribution is -0.0635. The van der Waals surface area contributed by atoms with Gasteiger partial charge in [-0.15, -0.1) is 5.54 Å². The summed E-state index contributed by atoms with van der Waals surface area (Å²) in [4.78, 5) is 0. The predicted molar refractivity (Wildman–Crippen MR) is 86.3 cm³/mol. The van der Waals surface area contributed by atoms with E-state index in [1.807, 2.05) is 20.8 Å². The molecule has 0 aliphatic carbocycles. The molecule has 0 aliphatic rings. The average Bonchev–Trinajstić information content (AvgIpc) is 2.49. The van der Waals surface area contributed by atoms with E-state index in [0.29, 0.717) is 5.02 Å². The van der Waals surface area contributed by atoms with Gasteiger partial charge in [-0.25, -0.2) is 0 Å². The summed E-state index contributed by atoms with van der Waals surface area (Å²) in [7, 11) is -1.96. The molecule has 1 rings (SSSR count). The van der Waals surface area contributed by atoms with Gasteiger partial charge in [0.15, 0.2) is 6.10 Å². The summed E-state index contributed by atoms with van der Waals surface area (Å²) in [6, 6.07) is 8.29. The highest BCUT2D eigenvalue weighted by atomic mass is 35.5. The van der Waals surface area contributed by atoms with Gasteiger partial charge in [0.25, 0.3) is 0 Å². The Morgan fingerprint density at radius 1 is 1.14 bits per heavy atom. The van der Waals surface area contributed by atoms with E-state index in [1.165, 1.54) is 24.3 Å². The highest BCUT2D eigenvalue weighted by Crippen LogP contribution is 2.32. The summed E-state index contributed by atoms with van der Waals surface area (Å²) in [5.74, 6) is -1.39. The van der Waals surface area contributed by atoms with Crippen LogP contribution in [0.25, 0.3) is 0 Å². The molecule has 0 aliphatic heterocycles. The van der Waals surface area contributed by atoms with Crippen LogP contribution >= 0.6 is 11.6 Å². The second-order valence-electron chi connectivity index (χ2n) is 5.17. The Hall–Kier alpha value is -0.893. The molecule has 1 aromatic rings. The van der Waals surface area contributed by atoms with Crippen LogP contribution in [0.4, 0.5) is 8.78 Å². The van der Waals surface area contributed by atoms with Gasteiger partial charge < -0.3 is 5.11 Å². The van der Waals surface area contributed by atoms with Crippen LogP contribution in [0.3, 0.4) is 0 Å². The maximum Gasteiger partial charge on any atom is 0.336 e. The number of aliphatic hydroxyl groups excluding tert-OH is 1. The number of benzene rings is 1. The van der Waals surface area contributed by atoms with E-state index in [1.54, 1.807) is 0 Å². The minimum atomic E-state index is -3.45. The minimum absolute atomic E-state index is 0.121. The fourth-order valence-electron chi connectivity index (χ4n) is 2.15. The van der Waals surface area contributed by atoms with Gasteiger partial charge in [0.1, 0.15) is 8.07 Å². The lowest BCUT2D eigenvalue weighted by atomic mass is 10.0. The SMILES string of the molecule is CC[Si](C#CC(F)(F)C(O)c1ccc(Cl)cc1)(CC)CC. The van der Waals surface area contributed by atoms with Crippen LogP contribution in [0.2, 0.25) is 23.2 Å². The molecule has 1 unspecified atom stereocenters. The fourth-order valence-corrected chi connectivity index (χ4v) is 4.74. The van der Waals surface area contributed by atoms with Crippen LogP contribution in [0.1, 0.15) is 32.4 Å². The molecule has 0 aromatic heterocycles. The Morgan fingerprint density at radius 3 is 2.05 bits per heavy atom. The molecule has 0 amide bonds. The van der Waals surface area contributed by atoms with Crippen molar-refractivity contribution in [3.63, 3.8) is 0 Å². The Kier molecular flexibility index (Phi) is 6.39. The number of alkyl halides is 2. The first-order chi connectivity index (χ1) is 9.80. The van der Waals surface area contributed by atoms with Gasteiger partial charge in [0.05, 0.1) is 0 Å². The summed E-state index contributed by atoms with van der Waals surface area (Å²) in [5.41, 5.74) is 2.96. The molecular formula is C16H21ClF2OSi. The molecule has 1 nitrogen and oxygen atoms in total. The Morgan fingerprint density at radius 2 is 1.62 bits per heavy atom. The standard InChI is InChI=1S/C16H21ClF2OSi/c1-4-21(5-2,6-3)12-11-16(18,19)15(20)13-7-9-14(17)10-8-13/h7-10,15,20H,4-6H2,1-3H3. The molecule has 5 heteroatoms. The maximum atomic E-state index is 14.1. The molecule has 1 aromatic carbocycles. The lowest BCUT2D eigenvalue weighted by Crippen LogP contribution is -2.32. The molecule has 1 N–H and O–H groups in total. The van der Waals surface area contributed by atoms with E-state index in [-0.39, 0.29) is 5.56 Å². The lowest BCUT2D eigenvalue weighted by Gasteiger charge is -2.22. The van der Waals surface area contributed by atoms with Crippen molar-refractivity contribution in [2.75, 3.05) is 0 Å². The third kappa shape index (κ3) is 4.54. The summed E-state index contributed by atoms with van der Waals surface area (Å²) in [5, 5.41) is 10.3. The third-order valence-electron chi connectivity index (χ3n) is 4.05. The molecule has 0 fully saturated rings. The van der Waals surface area contributed by atoms with E-state index in [2.05, 4.69) is 11.5 Å². The summed E-state index contributed by atoms with van der Waals surface area (Å²) in [6.07, 6.45) is -1.93. The van der Waals surface area contributed by atoms with E-state index < -0.39 is 20.1 Å². The van der Waals surface area contributed by atoms with Crippen LogP contribution in [-0.4, -0.2) is 19.1 Å². The van der Waals surface area contributed by atoms with Crippen molar-refractivity contribution in [3.05, 3.63) is 34.9 Å². The van der Waals surface area contributed by atoms with Gasteiger partial charge in [-0.05, 0) is 41.7 Å². The van der Waals surface area contributed by atoms with Crippen LogP contribution in [0, 0.1) is 11.5 Å². The van der Waals surface area contributed by atoms with E-state index in [9.17, 15) is 13.9 Å². The van der Waals surface area contributed by atoms with Gasteiger partial charge in [-0.3, -0.25) is 0 Å². The van der Waals surface area contributed by atoms with E-state index in [4.69, 9.17) is 11.6 Å². The van der Waals surface area contributed by atoms with Gasteiger partial charge in [0, 0.05) is 5.02 Å². The van der Waals surface area contributed by atoms with Gasteiger partial charge in [0.2, 0.25) is 0 Å². The van der Waals surface area contributed by atoms with Gasteiger partial charge >= 0.3 is 5.92 Å². The van der Waals surface area contributed by atoms with Crippen LogP contribution < -0.4 is 0 Å². The normalized spacial score (nSPS) is 13.5. The van der Waals surface area contributed by atoms with Crippen molar-refractivity contribution in [1.82, 2.24) is 0 Å². The second kappa shape index (κ2) is 7.39. The second-order valence-corrected chi connectivity index (χ2v) is 10.5. The summed E-state index contributed by atoms with van der Waals surface area (Å²) >= 11 is 5.72. The fraction of sp³-hybridized carbons (Fsp3) is 0.500. The number of hydrogen-bond donors (Lipinski definition) is 1.